The molecule has 1 heterocycles. The Bertz CT molecular complexity index is 989. The lowest BCUT2D eigenvalue weighted by atomic mass is 10.1. The highest BCUT2D eigenvalue weighted by Gasteiger charge is 2.19. The molecule has 3 rings (SSSR count). The number of halogens is 2. The van der Waals surface area contributed by atoms with Gasteiger partial charge in [-0.05, 0) is 50.6 Å². The van der Waals surface area contributed by atoms with Crippen LogP contribution in [0.5, 0.6) is 0 Å². The van der Waals surface area contributed by atoms with Gasteiger partial charge in [0.2, 0.25) is 5.91 Å². The summed E-state index contributed by atoms with van der Waals surface area (Å²) in [6, 6.07) is 10.1. The lowest BCUT2D eigenvalue weighted by Gasteiger charge is -2.15. The van der Waals surface area contributed by atoms with E-state index in [0.29, 0.717) is 5.69 Å². The summed E-state index contributed by atoms with van der Waals surface area (Å²) in [6.45, 7) is 5.88. The zero-order valence-corrected chi connectivity index (χ0v) is 16.7. The predicted octanol–water partition coefficient (Wildman–Crippen LogP) is 5.40. The van der Waals surface area contributed by atoms with Gasteiger partial charge in [0.15, 0.2) is 5.16 Å². The summed E-state index contributed by atoms with van der Waals surface area (Å²) < 4.78 is 15.1. The van der Waals surface area contributed by atoms with Gasteiger partial charge in [-0.1, -0.05) is 41.1 Å². The van der Waals surface area contributed by atoms with Gasteiger partial charge in [-0.25, -0.2) is 9.37 Å². The molecule has 0 unspecified atom stereocenters. The van der Waals surface area contributed by atoms with Gasteiger partial charge in [-0.15, -0.1) is 0 Å². The SMILES string of the molecule is Cc1ccc(-n2ccnc2S[C@H](C)C(=O)Nc2ccc(F)cc2Cl)c(C)c1. The number of benzene rings is 2. The summed E-state index contributed by atoms with van der Waals surface area (Å²) in [4.78, 5) is 16.9. The van der Waals surface area contributed by atoms with Gasteiger partial charge in [0.25, 0.3) is 0 Å². The molecule has 0 bridgehead atoms. The first-order valence-corrected chi connectivity index (χ1v) is 9.64. The number of hydrogen-bond donors (Lipinski definition) is 1. The molecule has 1 aromatic heterocycles. The van der Waals surface area contributed by atoms with Crippen LogP contribution in [-0.2, 0) is 4.79 Å². The Morgan fingerprint density at radius 3 is 2.74 bits per heavy atom. The second-order valence-electron chi connectivity index (χ2n) is 6.24. The second kappa shape index (κ2) is 8.15. The highest BCUT2D eigenvalue weighted by molar-refractivity contribution is 8.00. The van der Waals surface area contributed by atoms with E-state index in [1.807, 2.05) is 36.7 Å². The number of imidazole rings is 1. The third kappa shape index (κ3) is 4.51. The maximum Gasteiger partial charge on any atom is 0.237 e. The van der Waals surface area contributed by atoms with Crippen LogP contribution in [0.1, 0.15) is 18.1 Å². The monoisotopic (exact) mass is 403 g/mol. The average Bonchev–Trinajstić information content (AvgIpc) is 3.05. The maximum atomic E-state index is 13.1. The highest BCUT2D eigenvalue weighted by Crippen LogP contribution is 2.28. The van der Waals surface area contributed by atoms with E-state index < -0.39 is 11.1 Å². The van der Waals surface area contributed by atoms with Crippen molar-refractivity contribution in [3.8, 4) is 5.69 Å². The number of aryl methyl sites for hydroxylation is 2. The third-order valence-corrected chi connectivity index (χ3v) is 5.45. The zero-order valence-electron chi connectivity index (χ0n) is 15.2. The summed E-state index contributed by atoms with van der Waals surface area (Å²) in [5, 5.41) is 3.20. The predicted molar refractivity (Wildman–Crippen MR) is 108 cm³/mol. The van der Waals surface area contributed by atoms with Crippen LogP contribution in [0.3, 0.4) is 0 Å². The van der Waals surface area contributed by atoms with Crippen LogP contribution in [0.15, 0.2) is 53.9 Å². The van der Waals surface area contributed by atoms with Crippen molar-refractivity contribution in [2.45, 2.75) is 31.2 Å². The number of carbonyl (C=O) groups excluding carboxylic acids is 1. The summed E-state index contributed by atoms with van der Waals surface area (Å²) in [5.74, 6) is -0.681. The lowest BCUT2D eigenvalue weighted by Crippen LogP contribution is -2.23. The Hall–Kier alpha value is -2.31. The molecule has 1 amide bonds. The molecule has 0 fully saturated rings. The molecule has 0 aliphatic heterocycles. The van der Waals surface area contributed by atoms with Crippen molar-refractivity contribution in [2.75, 3.05) is 5.32 Å². The first-order valence-electron chi connectivity index (χ1n) is 8.38. The van der Waals surface area contributed by atoms with Crippen molar-refractivity contribution in [2.24, 2.45) is 0 Å². The largest absolute Gasteiger partial charge is 0.324 e. The fraction of sp³-hybridized carbons (Fsp3) is 0.200. The summed E-state index contributed by atoms with van der Waals surface area (Å²) in [6.07, 6.45) is 3.59. The van der Waals surface area contributed by atoms with E-state index >= 15 is 0 Å². The van der Waals surface area contributed by atoms with Gasteiger partial charge in [-0.3, -0.25) is 9.36 Å². The van der Waals surface area contributed by atoms with Gasteiger partial charge in [0, 0.05) is 12.4 Å². The number of amides is 1. The van der Waals surface area contributed by atoms with E-state index in [1.54, 1.807) is 13.1 Å². The standard InChI is InChI=1S/C20H19ClFN3OS/c1-12-4-7-18(13(2)10-12)25-9-8-23-20(25)27-14(3)19(26)24-17-6-5-15(22)11-16(17)21/h4-11,14H,1-3H3,(H,24,26)/t14-/m1/s1. The average molecular weight is 404 g/mol. The maximum absolute atomic E-state index is 13.1. The van der Waals surface area contributed by atoms with Gasteiger partial charge >= 0.3 is 0 Å². The molecule has 3 aromatic rings. The number of anilines is 1. The first kappa shape index (κ1) is 19.5. The van der Waals surface area contributed by atoms with E-state index in [0.717, 1.165) is 16.4 Å². The van der Waals surface area contributed by atoms with E-state index in [9.17, 15) is 9.18 Å². The van der Waals surface area contributed by atoms with Crippen LogP contribution < -0.4 is 5.32 Å². The molecule has 1 atom stereocenters. The van der Waals surface area contributed by atoms with Gasteiger partial charge in [0.1, 0.15) is 5.82 Å². The molecule has 7 heteroatoms. The number of hydrogen-bond acceptors (Lipinski definition) is 3. The molecule has 27 heavy (non-hydrogen) atoms. The molecule has 4 nitrogen and oxygen atoms in total. The van der Waals surface area contributed by atoms with E-state index in [1.165, 1.54) is 35.5 Å². The Labute approximate surface area is 166 Å². The normalized spacial score (nSPS) is 12.0. The Kier molecular flexibility index (Phi) is 5.87. The van der Waals surface area contributed by atoms with Gasteiger partial charge < -0.3 is 5.32 Å². The molecule has 0 aliphatic rings. The second-order valence-corrected chi connectivity index (χ2v) is 7.96. The van der Waals surface area contributed by atoms with Gasteiger partial charge in [-0.2, -0.15) is 0 Å². The fourth-order valence-corrected chi connectivity index (χ4v) is 3.76. The number of rotatable bonds is 5. The smallest absolute Gasteiger partial charge is 0.237 e. The number of carbonyl (C=O) groups is 1. The van der Waals surface area contributed by atoms with Crippen molar-refractivity contribution in [1.29, 1.82) is 0 Å². The molecule has 0 saturated heterocycles. The van der Waals surface area contributed by atoms with Crippen LogP contribution in [0, 0.1) is 19.7 Å². The van der Waals surface area contributed by atoms with Crippen molar-refractivity contribution >= 4 is 35.0 Å². The van der Waals surface area contributed by atoms with Crippen LogP contribution in [-0.4, -0.2) is 20.7 Å². The lowest BCUT2D eigenvalue weighted by molar-refractivity contribution is -0.115. The van der Waals surface area contributed by atoms with Crippen LogP contribution in [0.25, 0.3) is 5.69 Å². The quantitative estimate of drug-likeness (QED) is 0.580. The minimum atomic E-state index is -0.448. The van der Waals surface area contributed by atoms with Crippen LogP contribution >= 0.6 is 23.4 Å². The molecule has 0 radical (unpaired) electrons. The minimum absolute atomic E-state index is 0.164. The summed E-state index contributed by atoms with van der Waals surface area (Å²) in [7, 11) is 0. The molecule has 1 N–H and O–H groups in total. The van der Waals surface area contributed by atoms with Crippen LogP contribution in [0.2, 0.25) is 5.02 Å². The topological polar surface area (TPSA) is 46.9 Å². The highest BCUT2D eigenvalue weighted by atomic mass is 35.5. The Morgan fingerprint density at radius 2 is 2.04 bits per heavy atom. The molecule has 0 aliphatic carbocycles. The van der Waals surface area contributed by atoms with Crippen molar-refractivity contribution in [3.63, 3.8) is 0 Å². The van der Waals surface area contributed by atoms with E-state index in [2.05, 4.69) is 16.4 Å². The number of aromatic nitrogens is 2. The molecule has 2 aromatic carbocycles. The molecule has 0 saturated carbocycles. The van der Waals surface area contributed by atoms with Crippen molar-refractivity contribution in [3.05, 3.63) is 70.8 Å². The first-order chi connectivity index (χ1) is 12.8. The number of thioether (sulfide) groups is 1. The summed E-state index contributed by atoms with van der Waals surface area (Å²) >= 11 is 7.32. The fourth-order valence-electron chi connectivity index (χ4n) is 2.67. The minimum Gasteiger partial charge on any atom is -0.324 e. The van der Waals surface area contributed by atoms with Crippen LogP contribution in [0.4, 0.5) is 10.1 Å². The van der Waals surface area contributed by atoms with Gasteiger partial charge in [0.05, 0.1) is 21.6 Å². The molecule has 140 valence electrons. The molecule has 0 spiro atoms. The zero-order chi connectivity index (χ0) is 19.6. The number of nitrogens with zero attached hydrogens (tertiary/aromatic N) is 2. The number of nitrogens with one attached hydrogen (secondary N) is 1. The van der Waals surface area contributed by atoms with Crippen molar-refractivity contribution in [1.82, 2.24) is 9.55 Å². The Morgan fingerprint density at radius 1 is 1.26 bits per heavy atom. The van der Waals surface area contributed by atoms with E-state index in [-0.39, 0.29) is 10.9 Å². The third-order valence-electron chi connectivity index (χ3n) is 4.06. The Balaban J connectivity index is 1.76. The molecular weight excluding hydrogens is 385 g/mol. The van der Waals surface area contributed by atoms with Crippen molar-refractivity contribution < 1.29 is 9.18 Å². The molecular formula is C20H19ClFN3OS. The van der Waals surface area contributed by atoms with E-state index in [4.69, 9.17) is 11.6 Å². The summed E-state index contributed by atoms with van der Waals surface area (Å²) in [5.41, 5.74) is 3.72.